The van der Waals surface area contributed by atoms with Gasteiger partial charge in [-0.1, -0.05) is 188 Å². The van der Waals surface area contributed by atoms with Gasteiger partial charge in [-0.05, 0) is 5.16 Å². The van der Waals surface area contributed by atoms with Crippen LogP contribution in [0.15, 0.2) is 121 Å². The molecule has 2 heteroatoms. The van der Waals surface area contributed by atoms with E-state index in [2.05, 4.69) is 141 Å². The maximum atomic E-state index is 2.66. The zero-order valence-corrected chi connectivity index (χ0v) is 23.0. The SMILES string of the molecule is CCCCCC([Si](C)(c1ccccc1)c1ccccc1)[Si](C)(c1ccccc1)c1ccccc1. The van der Waals surface area contributed by atoms with Gasteiger partial charge in [0, 0.05) is 0 Å². The molecule has 0 aliphatic rings. The van der Waals surface area contributed by atoms with Crippen molar-refractivity contribution in [3.05, 3.63) is 121 Å². The zero-order valence-electron chi connectivity index (χ0n) is 21.0. The number of hydrogen-bond acceptors (Lipinski definition) is 0. The lowest BCUT2D eigenvalue weighted by Crippen LogP contribution is -2.72. The Bertz CT molecular complexity index is 957. The molecule has 4 rings (SSSR count). The van der Waals surface area contributed by atoms with E-state index < -0.39 is 16.1 Å². The molecule has 4 aromatic carbocycles. The first kappa shape index (κ1) is 24.4. The van der Waals surface area contributed by atoms with Gasteiger partial charge < -0.3 is 0 Å². The van der Waals surface area contributed by atoms with Crippen molar-refractivity contribution in [3.63, 3.8) is 0 Å². The van der Waals surface area contributed by atoms with E-state index in [9.17, 15) is 0 Å². The molecule has 0 bridgehead atoms. The quantitative estimate of drug-likeness (QED) is 0.186. The molecular formula is C32H38Si2. The second-order valence-electron chi connectivity index (χ2n) is 9.92. The normalized spacial score (nSPS) is 12.1. The Morgan fingerprint density at radius 2 is 0.765 bits per heavy atom. The Morgan fingerprint density at radius 1 is 0.471 bits per heavy atom. The highest BCUT2D eigenvalue weighted by molar-refractivity contribution is 7.18. The van der Waals surface area contributed by atoms with Gasteiger partial charge in [-0.15, -0.1) is 0 Å². The molecule has 0 radical (unpaired) electrons. The second kappa shape index (κ2) is 11.2. The summed E-state index contributed by atoms with van der Waals surface area (Å²) in [5.41, 5.74) is 0. The topological polar surface area (TPSA) is 0 Å². The molecule has 34 heavy (non-hydrogen) atoms. The van der Waals surface area contributed by atoms with Crippen LogP contribution in [-0.2, 0) is 0 Å². The molecular weight excluding hydrogens is 441 g/mol. The first-order valence-electron chi connectivity index (χ1n) is 12.8. The Kier molecular flexibility index (Phi) is 8.02. The van der Waals surface area contributed by atoms with Crippen LogP contribution in [0.25, 0.3) is 0 Å². The van der Waals surface area contributed by atoms with Crippen molar-refractivity contribution >= 4 is 36.9 Å². The molecule has 0 amide bonds. The smallest absolute Gasteiger partial charge is 0.0654 e. The fourth-order valence-corrected chi connectivity index (χ4v) is 20.0. The van der Waals surface area contributed by atoms with E-state index in [-0.39, 0.29) is 0 Å². The summed E-state index contributed by atoms with van der Waals surface area (Å²) in [6.07, 6.45) is 5.15. The Hall–Kier alpha value is -2.69. The molecule has 0 aliphatic carbocycles. The van der Waals surface area contributed by atoms with Crippen LogP contribution in [0.4, 0.5) is 0 Å². The standard InChI is InChI=1S/C32H38Si2/c1-4-5-10-27-32(33(2,28-19-11-6-12-20-28)29-21-13-7-14-22-29)34(3,30-23-15-8-16-24-30)31-25-17-9-18-26-31/h6-9,11-26,32H,4-5,10,27H2,1-3H3. The third-order valence-electron chi connectivity index (χ3n) is 7.98. The molecule has 0 fully saturated rings. The molecule has 0 heterocycles. The van der Waals surface area contributed by atoms with Crippen molar-refractivity contribution in [2.24, 2.45) is 0 Å². The van der Waals surface area contributed by atoms with Crippen molar-refractivity contribution < 1.29 is 0 Å². The maximum absolute atomic E-state index is 2.66. The summed E-state index contributed by atoms with van der Waals surface area (Å²) in [6.45, 7) is 7.64. The van der Waals surface area contributed by atoms with Gasteiger partial charge in [0.1, 0.15) is 16.1 Å². The van der Waals surface area contributed by atoms with Crippen LogP contribution in [-0.4, -0.2) is 16.1 Å². The van der Waals surface area contributed by atoms with Gasteiger partial charge in [0.15, 0.2) is 0 Å². The first-order chi connectivity index (χ1) is 16.6. The molecule has 0 aliphatic heterocycles. The predicted octanol–water partition coefficient (Wildman–Crippen LogP) is 6.26. The lowest BCUT2D eigenvalue weighted by atomic mass is 10.2. The van der Waals surface area contributed by atoms with E-state index in [0.717, 1.165) is 0 Å². The van der Waals surface area contributed by atoms with Crippen molar-refractivity contribution in [1.82, 2.24) is 0 Å². The van der Waals surface area contributed by atoms with Gasteiger partial charge in [-0.3, -0.25) is 0 Å². The number of benzene rings is 4. The molecule has 4 aromatic rings. The summed E-state index contributed by atoms with van der Waals surface area (Å²) in [7, 11) is -4.24. The lowest BCUT2D eigenvalue weighted by molar-refractivity contribution is 0.679. The Labute approximate surface area is 208 Å². The van der Waals surface area contributed by atoms with Crippen LogP contribution in [0.5, 0.6) is 0 Å². The van der Waals surface area contributed by atoms with E-state index in [1.54, 1.807) is 20.7 Å². The summed E-state index contributed by atoms with van der Waals surface area (Å²) >= 11 is 0. The molecule has 174 valence electrons. The average molecular weight is 479 g/mol. The third-order valence-corrected chi connectivity index (χ3v) is 20.9. The van der Waals surface area contributed by atoms with Crippen molar-refractivity contribution in [3.8, 4) is 0 Å². The van der Waals surface area contributed by atoms with Crippen LogP contribution in [0, 0.1) is 0 Å². The van der Waals surface area contributed by atoms with Gasteiger partial charge in [-0.2, -0.15) is 0 Å². The van der Waals surface area contributed by atoms with Crippen LogP contribution in [0.2, 0.25) is 18.3 Å². The molecule has 0 aromatic heterocycles. The Balaban J connectivity index is 2.01. The zero-order chi connectivity index (χ0) is 23.9. The highest BCUT2D eigenvalue weighted by Crippen LogP contribution is 2.37. The number of rotatable bonds is 10. The van der Waals surface area contributed by atoms with Gasteiger partial charge in [-0.25, -0.2) is 0 Å². The monoisotopic (exact) mass is 478 g/mol. The van der Waals surface area contributed by atoms with Crippen molar-refractivity contribution in [1.29, 1.82) is 0 Å². The summed E-state index contributed by atoms with van der Waals surface area (Å²) in [5.74, 6) is 0. The van der Waals surface area contributed by atoms with Crippen LogP contribution in [0.3, 0.4) is 0 Å². The van der Waals surface area contributed by atoms with E-state index in [1.807, 2.05) is 0 Å². The summed E-state index contributed by atoms with van der Waals surface area (Å²) in [6, 6.07) is 45.9. The Morgan fingerprint density at radius 3 is 1.03 bits per heavy atom. The van der Waals surface area contributed by atoms with Crippen LogP contribution >= 0.6 is 0 Å². The van der Waals surface area contributed by atoms with Crippen molar-refractivity contribution in [2.75, 3.05) is 0 Å². The van der Waals surface area contributed by atoms with Crippen LogP contribution < -0.4 is 20.7 Å². The van der Waals surface area contributed by atoms with E-state index in [1.165, 1.54) is 25.7 Å². The first-order valence-corrected chi connectivity index (χ1v) is 18.0. The van der Waals surface area contributed by atoms with Gasteiger partial charge in [0.2, 0.25) is 0 Å². The molecule has 0 saturated heterocycles. The molecule has 0 saturated carbocycles. The lowest BCUT2D eigenvalue weighted by Gasteiger charge is -2.47. The van der Waals surface area contributed by atoms with Gasteiger partial charge in [0.25, 0.3) is 0 Å². The van der Waals surface area contributed by atoms with Crippen molar-refractivity contribution in [2.45, 2.75) is 50.9 Å². The largest absolute Gasteiger partial charge is 0.116 e. The minimum atomic E-state index is -2.12. The molecule has 0 nitrogen and oxygen atoms in total. The fraction of sp³-hybridized carbons (Fsp3) is 0.250. The highest BCUT2D eigenvalue weighted by Gasteiger charge is 2.51. The molecule has 0 spiro atoms. The predicted molar refractivity (Wildman–Crippen MR) is 155 cm³/mol. The van der Waals surface area contributed by atoms with E-state index >= 15 is 0 Å². The molecule has 0 atom stereocenters. The summed E-state index contributed by atoms with van der Waals surface area (Å²) < 4.78 is 0. The molecule has 0 unspecified atom stereocenters. The average Bonchev–Trinajstić information content (AvgIpc) is 2.92. The van der Waals surface area contributed by atoms with Gasteiger partial charge >= 0.3 is 0 Å². The maximum Gasteiger partial charge on any atom is 0.116 e. The second-order valence-corrected chi connectivity index (χ2v) is 19.0. The van der Waals surface area contributed by atoms with E-state index in [0.29, 0.717) is 5.16 Å². The summed E-state index contributed by atoms with van der Waals surface area (Å²) in [5, 5.41) is 6.89. The minimum Gasteiger partial charge on any atom is -0.0654 e. The third kappa shape index (κ3) is 4.75. The van der Waals surface area contributed by atoms with Gasteiger partial charge in [0.05, 0.1) is 0 Å². The number of unbranched alkanes of at least 4 members (excludes halogenated alkanes) is 2. The van der Waals surface area contributed by atoms with E-state index in [4.69, 9.17) is 0 Å². The van der Waals surface area contributed by atoms with Crippen LogP contribution in [0.1, 0.15) is 32.6 Å². The highest BCUT2D eigenvalue weighted by atomic mass is 28.4. The summed E-state index contributed by atoms with van der Waals surface area (Å²) in [4.78, 5) is 0. The number of hydrogen-bond donors (Lipinski definition) is 0. The molecule has 0 N–H and O–H groups in total. The minimum absolute atomic E-state index is 0.640. The fourth-order valence-electron chi connectivity index (χ4n) is 6.03.